The molecule has 0 fully saturated rings. The van der Waals surface area contributed by atoms with Crippen molar-refractivity contribution in [2.75, 3.05) is 0 Å². The van der Waals surface area contributed by atoms with E-state index < -0.39 is 6.95 Å². The zero-order chi connectivity index (χ0) is 20.6. The minimum absolute atomic E-state index is 0.259. The van der Waals surface area contributed by atoms with Gasteiger partial charge in [0, 0.05) is 11.2 Å². The minimum atomic E-state index is -3.99. The molecular formula is C23H15ClNO4P. The zero-order valence-electron chi connectivity index (χ0n) is 15.6. The summed E-state index contributed by atoms with van der Waals surface area (Å²) in [5.74, 6) is 0.953. The van der Waals surface area contributed by atoms with Crippen molar-refractivity contribution < 1.29 is 18.0 Å². The quantitative estimate of drug-likeness (QED) is 0.268. The van der Waals surface area contributed by atoms with E-state index >= 15 is 0 Å². The second-order valence-electron chi connectivity index (χ2n) is 6.57. The average molecular weight is 436 g/mol. The molecule has 7 heteroatoms. The van der Waals surface area contributed by atoms with Crippen molar-refractivity contribution >= 4 is 40.1 Å². The first-order valence-corrected chi connectivity index (χ1v) is 11.7. The number of oxazole rings is 1. The van der Waals surface area contributed by atoms with Gasteiger partial charge in [-0.25, -0.2) is 9.55 Å². The molecule has 5 nitrogen and oxygen atoms in total. The van der Waals surface area contributed by atoms with Gasteiger partial charge < -0.3 is 13.5 Å². The molecule has 0 aliphatic carbocycles. The van der Waals surface area contributed by atoms with E-state index in [9.17, 15) is 4.57 Å². The molecular weight excluding hydrogens is 421 g/mol. The first kappa shape index (κ1) is 18.7. The van der Waals surface area contributed by atoms with E-state index in [-0.39, 0.29) is 5.75 Å². The molecule has 0 aliphatic heterocycles. The van der Waals surface area contributed by atoms with Crippen LogP contribution in [0.4, 0.5) is 0 Å². The Balaban J connectivity index is 1.63. The molecule has 1 aromatic heterocycles. The van der Waals surface area contributed by atoms with Gasteiger partial charge in [-0.2, -0.15) is 0 Å². The minimum Gasteiger partial charge on any atom is -0.436 e. The Hall–Kier alpha value is -3.27. The number of rotatable bonds is 5. The van der Waals surface area contributed by atoms with Crippen molar-refractivity contribution in [1.82, 2.24) is 4.98 Å². The molecule has 0 radical (unpaired) electrons. The standard InChI is InChI=1S/C23H15ClNO4P/c24-30(26,28-17-9-2-1-3-10-17)29-21-15-14-16-8-4-5-11-18(16)22(21)23-25-19-12-6-7-13-20(19)27-23/h1-15H. The average Bonchev–Trinajstić information content (AvgIpc) is 3.17. The third-order valence-electron chi connectivity index (χ3n) is 4.56. The zero-order valence-corrected chi connectivity index (χ0v) is 17.2. The smallest absolute Gasteiger partial charge is 0.436 e. The van der Waals surface area contributed by atoms with Gasteiger partial charge in [0.2, 0.25) is 5.89 Å². The van der Waals surface area contributed by atoms with Crippen molar-refractivity contribution in [2.24, 2.45) is 0 Å². The fourth-order valence-electron chi connectivity index (χ4n) is 3.27. The van der Waals surface area contributed by atoms with E-state index in [4.69, 9.17) is 24.7 Å². The van der Waals surface area contributed by atoms with Crippen molar-refractivity contribution in [3.05, 3.63) is 91.0 Å². The lowest BCUT2D eigenvalue weighted by Crippen LogP contribution is -1.97. The number of aromatic nitrogens is 1. The lowest BCUT2D eigenvalue weighted by molar-refractivity contribution is 0.406. The molecule has 1 unspecified atom stereocenters. The number of fused-ring (bicyclic) bond motifs is 2. The van der Waals surface area contributed by atoms with Crippen molar-refractivity contribution in [3.8, 4) is 23.0 Å². The molecule has 148 valence electrons. The summed E-state index contributed by atoms with van der Waals surface area (Å²) in [6.45, 7) is -3.99. The summed E-state index contributed by atoms with van der Waals surface area (Å²) in [7, 11) is 0. The van der Waals surface area contributed by atoms with Crippen LogP contribution in [0.1, 0.15) is 0 Å². The molecule has 5 aromatic rings. The maximum Gasteiger partial charge on any atom is 0.530 e. The Morgan fingerprint density at radius 2 is 1.53 bits per heavy atom. The highest BCUT2D eigenvalue weighted by molar-refractivity contribution is 7.82. The maximum absolute atomic E-state index is 12.9. The van der Waals surface area contributed by atoms with Crippen LogP contribution < -0.4 is 9.05 Å². The molecule has 0 saturated carbocycles. The number of para-hydroxylation sites is 3. The van der Waals surface area contributed by atoms with Crippen LogP contribution >= 0.6 is 18.2 Å². The molecule has 0 N–H and O–H groups in total. The Morgan fingerprint density at radius 3 is 2.37 bits per heavy atom. The van der Waals surface area contributed by atoms with Crippen molar-refractivity contribution in [1.29, 1.82) is 0 Å². The van der Waals surface area contributed by atoms with E-state index in [2.05, 4.69) is 4.98 Å². The fraction of sp³-hybridized carbons (Fsp3) is 0. The number of hydrogen-bond donors (Lipinski definition) is 0. The van der Waals surface area contributed by atoms with Gasteiger partial charge in [-0.05, 0) is 41.1 Å². The maximum atomic E-state index is 12.9. The van der Waals surface area contributed by atoms with Gasteiger partial charge in [-0.1, -0.05) is 60.7 Å². The Kier molecular flexibility index (Phi) is 4.70. The van der Waals surface area contributed by atoms with E-state index in [1.165, 1.54) is 0 Å². The largest absolute Gasteiger partial charge is 0.530 e. The van der Waals surface area contributed by atoms with Crippen molar-refractivity contribution in [3.63, 3.8) is 0 Å². The van der Waals surface area contributed by atoms with Crippen LogP contribution in [0.25, 0.3) is 33.3 Å². The number of hydrogen-bond acceptors (Lipinski definition) is 5. The molecule has 0 saturated heterocycles. The van der Waals surface area contributed by atoms with Gasteiger partial charge in [-0.15, -0.1) is 0 Å². The van der Waals surface area contributed by atoms with Crippen LogP contribution in [0.15, 0.2) is 95.4 Å². The Morgan fingerprint density at radius 1 is 0.800 bits per heavy atom. The molecule has 1 atom stereocenters. The van der Waals surface area contributed by atoms with Crippen LogP contribution in [-0.4, -0.2) is 4.98 Å². The number of benzene rings is 4. The highest BCUT2D eigenvalue weighted by Crippen LogP contribution is 2.55. The highest BCUT2D eigenvalue weighted by Gasteiger charge is 2.28. The molecule has 0 aliphatic rings. The topological polar surface area (TPSA) is 61.6 Å². The summed E-state index contributed by atoms with van der Waals surface area (Å²) in [5, 5.41) is 1.79. The predicted octanol–water partition coefficient (Wildman–Crippen LogP) is 7.45. The van der Waals surface area contributed by atoms with Crippen LogP contribution in [0, 0.1) is 0 Å². The first-order chi connectivity index (χ1) is 14.6. The summed E-state index contributed by atoms with van der Waals surface area (Å²) in [6, 6.07) is 27.4. The Bertz CT molecular complexity index is 1370. The lowest BCUT2D eigenvalue weighted by atomic mass is 10.0. The van der Waals surface area contributed by atoms with Crippen molar-refractivity contribution in [2.45, 2.75) is 0 Å². The summed E-state index contributed by atoms with van der Waals surface area (Å²) in [6.07, 6.45) is 0. The van der Waals surface area contributed by atoms with Gasteiger partial charge in [0.05, 0.1) is 5.56 Å². The molecule has 0 bridgehead atoms. The van der Waals surface area contributed by atoms with Gasteiger partial charge in [-0.3, -0.25) is 0 Å². The van der Waals surface area contributed by atoms with Gasteiger partial charge in [0.25, 0.3) is 0 Å². The van der Waals surface area contributed by atoms with Gasteiger partial charge in [0.15, 0.2) is 5.58 Å². The third-order valence-corrected chi connectivity index (χ3v) is 5.82. The summed E-state index contributed by atoms with van der Waals surface area (Å²) in [5.41, 5.74) is 1.91. The second-order valence-corrected chi connectivity index (χ2v) is 9.04. The van der Waals surface area contributed by atoms with E-state index in [1.807, 2.05) is 60.7 Å². The van der Waals surface area contributed by atoms with Crippen LogP contribution in [0.2, 0.25) is 0 Å². The van der Waals surface area contributed by atoms with Gasteiger partial charge in [0.1, 0.15) is 17.0 Å². The van der Waals surface area contributed by atoms with E-state index in [1.54, 1.807) is 30.3 Å². The van der Waals surface area contributed by atoms with Gasteiger partial charge >= 0.3 is 6.95 Å². The van der Waals surface area contributed by atoms with E-state index in [0.717, 1.165) is 10.8 Å². The predicted molar refractivity (Wildman–Crippen MR) is 118 cm³/mol. The second kappa shape index (κ2) is 7.52. The van der Waals surface area contributed by atoms with Crippen LogP contribution in [0.3, 0.4) is 0 Å². The Labute approximate surface area is 177 Å². The molecule has 30 heavy (non-hydrogen) atoms. The highest BCUT2D eigenvalue weighted by atomic mass is 35.7. The number of nitrogens with zero attached hydrogens (tertiary/aromatic N) is 1. The first-order valence-electron chi connectivity index (χ1n) is 9.21. The summed E-state index contributed by atoms with van der Waals surface area (Å²) < 4.78 is 30.0. The summed E-state index contributed by atoms with van der Waals surface area (Å²) in [4.78, 5) is 4.59. The lowest BCUT2D eigenvalue weighted by Gasteiger charge is -2.16. The molecule has 5 rings (SSSR count). The number of halogens is 1. The molecule has 0 spiro atoms. The molecule has 4 aromatic carbocycles. The van der Waals surface area contributed by atoms with Crippen LogP contribution in [0.5, 0.6) is 11.5 Å². The molecule has 1 heterocycles. The van der Waals surface area contributed by atoms with E-state index in [0.29, 0.717) is 28.3 Å². The van der Waals surface area contributed by atoms with Crippen LogP contribution in [-0.2, 0) is 4.57 Å². The summed E-state index contributed by atoms with van der Waals surface area (Å²) >= 11 is 6.15. The SMILES string of the molecule is O=P(Cl)(Oc1ccccc1)Oc1ccc2ccccc2c1-c1nc2ccccc2o1. The monoisotopic (exact) mass is 435 g/mol. The fourth-order valence-corrected chi connectivity index (χ4v) is 4.53. The molecule has 0 amide bonds. The normalized spacial score (nSPS) is 13.2. The third kappa shape index (κ3) is 3.65.